The third-order valence-electron chi connectivity index (χ3n) is 1.59. The summed E-state index contributed by atoms with van der Waals surface area (Å²) in [4.78, 5) is 0. The normalized spacial score (nSPS) is 13.4. The van der Waals surface area contributed by atoms with E-state index in [0.29, 0.717) is 0 Å². The molecule has 9 heteroatoms. The fourth-order valence-electron chi connectivity index (χ4n) is 0.264. The summed E-state index contributed by atoms with van der Waals surface area (Å²) in [5.74, 6) is 0. The molecule has 0 heterocycles. The fraction of sp³-hybridized carbons (Fsp3) is 0.500. The second-order valence-electron chi connectivity index (χ2n) is 2.71. The predicted molar refractivity (Wildman–Crippen MR) is 65.9 cm³/mol. The molecule has 0 unspecified atom stereocenters. The summed E-state index contributed by atoms with van der Waals surface area (Å²) >= 11 is 0. The van der Waals surface area contributed by atoms with E-state index in [9.17, 15) is 20.8 Å². The Morgan fingerprint density at radius 3 is 0.706 bits per heavy atom. The van der Waals surface area contributed by atoms with Gasteiger partial charge < -0.3 is 41.5 Å². The van der Waals surface area contributed by atoms with E-state index in [1.165, 1.54) is 27.7 Å². The molecule has 0 spiro atoms. The van der Waals surface area contributed by atoms with Crippen molar-refractivity contribution in [3.63, 3.8) is 0 Å². The van der Waals surface area contributed by atoms with Crippen molar-refractivity contribution in [1.82, 2.24) is 0 Å². The molecule has 0 amide bonds. The van der Waals surface area contributed by atoms with Crippen molar-refractivity contribution in [2.45, 2.75) is 27.7 Å². The minimum atomic E-state index is 0. The third kappa shape index (κ3) is 10.7. The van der Waals surface area contributed by atoms with Crippen LogP contribution in [-0.2, 0) is 16.5 Å². The summed E-state index contributed by atoms with van der Waals surface area (Å²) in [6, 6.07) is 0. The van der Waals surface area contributed by atoms with Crippen molar-refractivity contribution in [3.05, 3.63) is 20.8 Å². The van der Waals surface area contributed by atoms with Gasteiger partial charge in [-0.25, -0.2) is 0 Å². The molecule has 0 aliphatic rings. The Balaban J connectivity index is -0.000000218. The third-order valence-corrected chi connectivity index (χ3v) is 1.59. The average Bonchev–Trinajstić information content (AvgIpc) is 2.35. The van der Waals surface area contributed by atoms with Gasteiger partial charge in [0.25, 0.3) is 0 Å². The second kappa shape index (κ2) is 12.4. The maximum absolute atomic E-state index is 9.60. The van der Waals surface area contributed by atoms with Gasteiger partial charge in [-0.1, -0.05) is 0 Å². The molecule has 0 aromatic heterocycles. The van der Waals surface area contributed by atoms with Gasteiger partial charge in [-0.3, -0.25) is 0 Å². The molecule has 17 heavy (non-hydrogen) atoms. The Morgan fingerprint density at radius 2 is 0.647 bits per heavy atom. The Bertz CT molecular complexity index is 261. The van der Waals surface area contributed by atoms with Crippen molar-refractivity contribution >= 4 is 22.8 Å². The SMILES string of the molecule is CC(=N[O-])C(C)=N[O-].CC(=N[O-])C(C)=N[O-].[Ni]. The number of rotatable bonds is 2. The molecule has 0 fully saturated rings. The molecule has 0 aliphatic heterocycles. The minimum Gasteiger partial charge on any atom is -0.792 e. The first kappa shape index (κ1) is 20.7. The topological polar surface area (TPSA) is 142 Å². The van der Waals surface area contributed by atoms with E-state index in [1.54, 1.807) is 0 Å². The Labute approximate surface area is 109 Å². The van der Waals surface area contributed by atoms with E-state index >= 15 is 0 Å². The number of nitrogens with zero attached hydrogens (tertiary/aromatic N) is 4. The summed E-state index contributed by atoms with van der Waals surface area (Å²) in [5.41, 5.74) is 0.556. The first-order chi connectivity index (χ1) is 7.44. The smallest absolute Gasteiger partial charge is 0.0465 e. The van der Waals surface area contributed by atoms with Crippen LogP contribution in [-0.4, -0.2) is 22.8 Å². The van der Waals surface area contributed by atoms with Gasteiger partial charge in [0.1, 0.15) is 0 Å². The molecule has 102 valence electrons. The van der Waals surface area contributed by atoms with Gasteiger partial charge in [0.2, 0.25) is 0 Å². The Hall–Kier alpha value is -1.63. The van der Waals surface area contributed by atoms with Crippen LogP contribution in [0.1, 0.15) is 27.7 Å². The molecule has 0 aliphatic carbocycles. The monoisotopic (exact) mass is 286 g/mol. The van der Waals surface area contributed by atoms with Crippen LogP contribution in [0, 0.1) is 20.8 Å². The van der Waals surface area contributed by atoms with E-state index in [2.05, 4.69) is 20.6 Å². The summed E-state index contributed by atoms with van der Waals surface area (Å²) in [6.07, 6.45) is 0. The van der Waals surface area contributed by atoms with Gasteiger partial charge >= 0.3 is 0 Å². The van der Waals surface area contributed by atoms with E-state index in [4.69, 9.17) is 0 Å². The first-order valence-electron chi connectivity index (χ1n) is 4.12. The maximum atomic E-state index is 9.60. The van der Waals surface area contributed by atoms with Crippen molar-refractivity contribution in [2.24, 2.45) is 20.6 Å². The van der Waals surface area contributed by atoms with Crippen LogP contribution in [0.3, 0.4) is 0 Å². The van der Waals surface area contributed by atoms with Gasteiger partial charge in [0, 0.05) is 39.3 Å². The van der Waals surface area contributed by atoms with Crippen LogP contribution in [0.15, 0.2) is 20.6 Å². The van der Waals surface area contributed by atoms with Crippen LogP contribution < -0.4 is 0 Å². The molecular formula is C8H12N4NiO4-4. The predicted octanol–water partition coefficient (Wildman–Crippen LogP) is 1.81. The molecule has 8 nitrogen and oxygen atoms in total. The zero-order chi connectivity index (χ0) is 13.1. The molecule has 0 rings (SSSR count). The molecule has 0 radical (unpaired) electrons. The minimum absolute atomic E-state index is 0. The van der Waals surface area contributed by atoms with Crippen LogP contribution in [0.25, 0.3) is 0 Å². The average molecular weight is 287 g/mol. The van der Waals surface area contributed by atoms with Crippen molar-refractivity contribution in [3.8, 4) is 0 Å². The van der Waals surface area contributed by atoms with Crippen LogP contribution in [0.4, 0.5) is 0 Å². The van der Waals surface area contributed by atoms with Crippen LogP contribution in [0.5, 0.6) is 0 Å². The van der Waals surface area contributed by atoms with Crippen LogP contribution in [0.2, 0.25) is 0 Å². The quantitative estimate of drug-likeness (QED) is 0.433. The van der Waals surface area contributed by atoms with Gasteiger partial charge in [-0.15, -0.1) is 0 Å². The van der Waals surface area contributed by atoms with E-state index in [1.807, 2.05) is 0 Å². The molecule has 0 aromatic carbocycles. The molecule has 0 N–H and O–H groups in total. The van der Waals surface area contributed by atoms with Gasteiger partial charge in [-0.2, -0.15) is 0 Å². The molecule has 0 atom stereocenters. The number of hydrogen-bond donors (Lipinski definition) is 0. The Kier molecular flexibility index (Phi) is 15.2. The van der Waals surface area contributed by atoms with E-state index in [-0.39, 0.29) is 39.3 Å². The van der Waals surface area contributed by atoms with Gasteiger partial charge in [0.05, 0.1) is 0 Å². The largest absolute Gasteiger partial charge is 0.792 e. The zero-order valence-electron chi connectivity index (χ0n) is 9.74. The zero-order valence-corrected chi connectivity index (χ0v) is 10.7. The number of hydrogen-bond acceptors (Lipinski definition) is 8. The summed E-state index contributed by atoms with van der Waals surface area (Å²) in [6.45, 7) is 5.74. The molecule has 0 saturated carbocycles. The fourth-order valence-corrected chi connectivity index (χ4v) is 0.264. The molecule has 0 saturated heterocycles. The summed E-state index contributed by atoms with van der Waals surface area (Å²) < 4.78 is 0. The molecular weight excluding hydrogens is 275 g/mol. The molecule has 0 bridgehead atoms. The summed E-state index contributed by atoms with van der Waals surface area (Å²) in [7, 11) is 0. The van der Waals surface area contributed by atoms with Gasteiger partial charge in [-0.05, 0) is 27.7 Å². The van der Waals surface area contributed by atoms with Crippen molar-refractivity contribution in [2.75, 3.05) is 0 Å². The Morgan fingerprint density at radius 1 is 0.529 bits per heavy atom. The van der Waals surface area contributed by atoms with Crippen molar-refractivity contribution < 1.29 is 16.5 Å². The van der Waals surface area contributed by atoms with Gasteiger partial charge in [0.15, 0.2) is 0 Å². The van der Waals surface area contributed by atoms with E-state index < -0.39 is 0 Å². The van der Waals surface area contributed by atoms with Crippen LogP contribution >= 0.6 is 0 Å². The van der Waals surface area contributed by atoms with E-state index in [0.717, 1.165) is 0 Å². The maximum Gasteiger partial charge on any atom is 0.0465 e. The second-order valence-corrected chi connectivity index (χ2v) is 2.71. The standard InChI is InChI=1S/2C4H8N2O2.Ni/c2*1-3(5-7)4(2)6-8;/h2*7-8H,1-2H3;/p-4. The van der Waals surface area contributed by atoms with Crippen molar-refractivity contribution in [1.29, 1.82) is 0 Å². The summed E-state index contributed by atoms with van der Waals surface area (Å²) in [5, 5.41) is 48.4. The molecule has 0 aromatic rings. The first-order valence-corrected chi connectivity index (χ1v) is 4.12.